The first kappa shape index (κ1) is 23.6. The Labute approximate surface area is 190 Å². The summed E-state index contributed by atoms with van der Waals surface area (Å²) in [6, 6.07) is 15.8. The molecule has 0 unspecified atom stereocenters. The molecule has 0 spiro atoms. The number of amides is 1. The quantitative estimate of drug-likeness (QED) is 0.610. The van der Waals surface area contributed by atoms with Crippen LogP contribution >= 0.6 is 0 Å². The summed E-state index contributed by atoms with van der Waals surface area (Å²) in [4.78, 5) is 25.6. The molecule has 6 heteroatoms. The Morgan fingerprint density at radius 2 is 1.75 bits per heavy atom. The van der Waals surface area contributed by atoms with Gasteiger partial charge in [0.25, 0.3) is 0 Å². The molecule has 0 aliphatic carbocycles. The van der Waals surface area contributed by atoms with Gasteiger partial charge in [-0.05, 0) is 67.3 Å². The lowest BCUT2D eigenvalue weighted by Gasteiger charge is -2.32. The van der Waals surface area contributed by atoms with Crippen LogP contribution in [0.1, 0.15) is 69.1 Å². The summed E-state index contributed by atoms with van der Waals surface area (Å²) in [5, 5.41) is 9.28. The SMILES string of the molecule is CC(C)c1ccc(COC(=O)N2CCC(c3cccc(OC(C)(C)C(=O)O)c3)CC2)cc1. The van der Waals surface area contributed by atoms with Crippen molar-refractivity contribution in [2.24, 2.45) is 0 Å². The summed E-state index contributed by atoms with van der Waals surface area (Å²) >= 11 is 0. The van der Waals surface area contributed by atoms with Crippen molar-refractivity contribution in [1.82, 2.24) is 4.90 Å². The number of carboxylic acid groups (broad SMARTS) is 1. The van der Waals surface area contributed by atoms with Crippen LogP contribution in [0.2, 0.25) is 0 Å². The van der Waals surface area contributed by atoms with Crippen LogP contribution in [0.25, 0.3) is 0 Å². The topological polar surface area (TPSA) is 76.1 Å². The van der Waals surface area contributed by atoms with Gasteiger partial charge in [-0.1, -0.05) is 50.2 Å². The number of carboxylic acids is 1. The van der Waals surface area contributed by atoms with E-state index in [9.17, 15) is 14.7 Å². The number of hydrogen-bond acceptors (Lipinski definition) is 4. The number of hydrogen-bond donors (Lipinski definition) is 1. The van der Waals surface area contributed by atoms with Crippen molar-refractivity contribution in [2.45, 2.75) is 64.6 Å². The fourth-order valence-corrected chi connectivity index (χ4v) is 3.80. The number of carbonyl (C=O) groups is 2. The maximum absolute atomic E-state index is 12.5. The van der Waals surface area contributed by atoms with Crippen LogP contribution in [0.3, 0.4) is 0 Å². The lowest BCUT2D eigenvalue weighted by atomic mass is 9.89. The van der Waals surface area contributed by atoms with Crippen LogP contribution in [0.5, 0.6) is 5.75 Å². The van der Waals surface area contributed by atoms with E-state index >= 15 is 0 Å². The van der Waals surface area contributed by atoms with Gasteiger partial charge in [0, 0.05) is 13.1 Å². The molecule has 0 radical (unpaired) electrons. The molecule has 1 aliphatic rings. The Morgan fingerprint density at radius 1 is 1.09 bits per heavy atom. The number of likely N-dealkylation sites (tertiary alicyclic amines) is 1. The van der Waals surface area contributed by atoms with Crippen molar-refractivity contribution in [3.63, 3.8) is 0 Å². The number of carbonyl (C=O) groups excluding carboxylic acids is 1. The minimum Gasteiger partial charge on any atom is -0.478 e. The monoisotopic (exact) mass is 439 g/mol. The summed E-state index contributed by atoms with van der Waals surface area (Å²) in [5.74, 6) is 0.300. The van der Waals surface area contributed by atoms with Gasteiger partial charge in [0.2, 0.25) is 0 Å². The van der Waals surface area contributed by atoms with E-state index in [-0.39, 0.29) is 12.7 Å². The Bertz CT molecular complexity index is 927. The highest BCUT2D eigenvalue weighted by molar-refractivity contribution is 5.76. The zero-order chi connectivity index (χ0) is 23.3. The fraction of sp³-hybridized carbons (Fsp3) is 0.462. The van der Waals surface area contributed by atoms with Gasteiger partial charge in [-0.2, -0.15) is 0 Å². The summed E-state index contributed by atoms with van der Waals surface area (Å²) in [6.07, 6.45) is 1.37. The molecule has 0 bridgehead atoms. The van der Waals surface area contributed by atoms with E-state index in [4.69, 9.17) is 9.47 Å². The van der Waals surface area contributed by atoms with E-state index in [0.29, 0.717) is 30.7 Å². The maximum atomic E-state index is 12.5. The van der Waals surface area contributed by atoms with Crippen molar-refractivity contribution in [2.75, 3.05) is 13.1 Å². The molecule has 0 aromatic heterocycles. The molecule has 172 valence electrons. The highest BCUT2D eigenvalue weighted by Crippen LogP contribution is 2.31. The molecular formula is C26H33NO5. The van der Waals surface area contributed by atoms with Crippen molar-refractivity contribution in [3.05, 3.63) is 65.2 Å². The van der Waals surface area contributed by atoms with E-state index in [1.807, 2.05) is 30.3 Å². The Morgan fingerprint density at radius 3 is 2.34 bits per heavy atom. The van der Waals surface area contributed by atoms with Gasteiger partial charge in [-0.15, -0.1) is 0 Å². The molecule has 3 rings (SSSR count). The second-order valence-corrected chi connectivity index (χ2v) is 9.20. The van der Waals surface area contributed by atoms with Gasteiger partial charge < -0.3 is 19.5 Å². The first-order chi connectivity index (χ1) is 15.2. The highest BCUT2D eigenvalue weighted by Gasteiger charge is 2.30. The lowest BCUT2D eigenvalue weighted by molar-refractivity contribution is -0.152. The summed E-state index contributed by atoms with van der Waals surface area (Å²) in [7, 11) is 0. The largest absolute Gasteiger partial charge is 0.478 e. The third kappa shape index (κ3) is 6.02. The zero-order valence-corrected chi connectivity index (χ0v) is 19.3. The molecule has 1 fully saturated rings. The molecule has 1 amide bonds. The highest BCUT2D eigenvalue weighted by atomic mass is 16.6. The molecule has 32 heavy (non-hydrogen) atoms. The predicted octanol–water partition coefficient (Wildman–Crippen LogP) is 5.57. The number of benzene rings is 2. The first-order valence-corrected chi connectivity index (χ1v) is 11.2. The zero-order valence-electron chi connectivity index (χ0n) is 19.3. The molecular weight excluding hydrogens is 406 g/mol. The molecule has 0 atom stereocenters. The molecule has 1 aliphatic heterocycles. The van der Waals surface area contributed by atoms with Crippen LogP contribution < -0.4 is 4.74 Å². The normalized spacial score (nSPS) is 15.0. The molecule has 6 nitrogen and oxygen atoms in total. The fourth-order valence-electron chi connectivity index (χ4n) is 3.80. The minimum atomic E-state index is -1.29. The lowest BCUT2D eigenvalue weighted by Crippen LogP contribution is -2.38. The van der Waals surface area contributed by atoms with Crippen LogP contribution in [0.4, 0.5) is 4.79 Å². The Balaban J connectivity index is 1.51. The summed E-state index contributed by atoms with van der Waals surface area (Å²) in [5.41, 5.74) is 2.06. The average Bonchev–Trinajstić information content (AvgIpc) is 2.77. The van der Waals surface area contributed by atoms with Crippen molar-refractivity contribution >= 4 is 12.1 Å². The molecule has 1 saturated heterocycles. The van der Waals surface area contributed by atoms with E-state index in [2.05, 4.69) is 26.0 Å². The number of rotatable bonds is 7. The van der Waals surface area contributed by atoms with Crippen molar-refractivity contribution < 1.29 is 24.2 Å². The van der Waals surface area contributed by atoms with Gasteiger partial charge in [0.1, 0.15) is 12.4 Å². The van der Waals surface area contributed by atoms with E-state index in [1.54, 1.807) is 11.0 Å². The first-order valence-electron chi connectivity index (χ1n) is 11.2. The van der Waals surface area contributed by atoms with Crippen molar-refractivity contribution in [3.8, 4) is 5.75 Å². The third-order valence-corrected chi connectivity index (χ3v) is 5.98. The molecule has 1 heterocycles. The second-order valence-electron chi connectivity index (χ2n) is 9.20. The molecule has 1 N–H and O–H groups in total. The Hall–Kier alpha value is -3.02. The second kappa shape index (κ2) is 10.1. The number of aliphatic carboxylic acids is 1. The van der Waals surface area contributed by atoms with Gasteiger partial charge in [0.05, 0.1) is 0 Å². The standard InChI is InChI=1S/C26H33NO5/c1-18(2)20-10-8-19(9-11-20)17-31-25(30)27-14-12-21(13-15-27)22-6-5-7-23(16-22)32-26(3,4)24(28)29/h5-11,16,18,21H,12-15,17H2,1-4H3,(H,28,29). The van der Waals surface area contributed by atoms with Crippen LogP contribution in [-0.4, -0.2) is 40.8 Å². The predicted molar refractivity (Wildman–Crippen MR) is 123 cm³/mol. The number of ether oxygens (including phenoxy) is 2. The summed E-state index contributed by atoms with van der Waals surface area (Å²) in [6.45, 7) is 8.89. The van der Waals surface area contributed by atoms with Gasteiger partial charge in [-0.25, -0.2) is 9.59 Å². The van der Waals surface area contributed by atoms with Gasteiger partial charge in [0.15, 0.2) is 5.60 Å². The van der Waals surface area contributed by atoms with Crippen LogP contribution in [0, 0.1) is 0 Å². The smallest absolute Gasteiger partial charge is 0.410 e. The van der Waals surface area contributed by atoms with E-state index in [0.717, 1.165) is 24.0 Å². The van der Waals surface area contributed by atoms with E-state index in [1.165, 1.54) is 19.4 Å². The molecule has 0 saturated carbocycles. The number of nitrogens with zero attached hydrogens (tertiary/aromatic N) is 1. The third-order valence-electron chi connectivity index (χ3n) is 5.98. The number of piperidine rings is 1. The Kier molecular flexibility index (Phi) is 7.44. The van der Waals surface area contributed by atoms with Gasteiger partial charge >= 0.3 is 12.1 Å². The van der Waals surface area contributed by atoms with Crippen molar-refractivity contribution in [1.29, 1.82) is 0 Å². The molecule has 2 aromatic rings. The van der Waals surface area contributed by atoms with E-state index < -0.39 is 11.6 Å². The summed E-state index contributed by atoms with van der Waals surface area (Å²) < 4.78 is 11.2. The minimum absolute atomic E-state index is 0.274. The maximum Gasteiger partial charge on any atom is 0.410 e. The van der Waals surface area contributed by atoms with Crippen LogP contribution in [0.15, 0.2) is 48.5 Å². The van der Waals surface area contributed by atoms with Crippen LogP contribution in [-0.2, 0) is 16.1 Å². The van der Waals surface area contributed by atoms with Gasteiger partial charge in [-0.3, -0.25) is 0 Å². The molecule has 2 aromatic carbocycles. The average molecular weight is 440 g/mol.